The van der Waals surface area contributed by atoms with Gasteiger partial charge in [-0.1, -0.05) is 54.6 Å². The Morgan fingerprint density at radius 1 is 0.897 bits per heavy atom. The van der Waals surface area contributed by atoms with Crippen molar-refractivity contribution in [3.63, 3.8) is 0 Å². The molecule has 0 radical (unpaired) electrons. The van der Waals surface area contributed by atoms with E-state index in [-0.39, 0.29) is 24.0 Å². The maximum absolute atomic E-state index is 12.6. The van der Waals surface area contributed by atoms with Gasteiger partial charge < -0.3 is 10.6 Å². The fraction of sp³-hybridized carbons (Fsp3) is 0.0870. The summed E-state index contributed by atoms with van der Waals surface area (Å²) in [7, 11) is 0. The number of thioether (sulfide) groups is 1. The summed E-state index contributed by atoms with van der Waals surface area (Å²) in [4.78, 5) is 38.3. The van der Waals surface area contributed by atoms with Crippen LogP contribution in [0.1, 0.15) is 22.3 Å². The van der Waals surface area contributed by atoms with Crippen LogP contribution in [-0.2, 0) is 9.59 Å². The number of para-hydroxylation sites is 1. The molecule has 1 atom stereocenters. The smallest absolute Gasteiger partial charge is 0.238 e. The lowest BCUT2D eigenvalue weighted by Crippen LogP contribution is -2.32. The molecule has 4 rings (SSSR count). The Morgan fingerprint density at radius 3 is 2.45 bits per heavy atom. The number of carbonyl (C=O) groups is 3. The predicted octanol–water partition coefficient (Wildman–Crippen LogP) is 4.36. The number of benzene rings is 3. The highest BCUT2D eigenvalue weighted by Crippen LogP contribution is 2.36. The number of anilines is 2. The van der Waals surface area contributed by atoms with E-state index < -0.39 is 5.25 Å². The Bertz CT molecular complexity index is 1080. The van der Waals surface area contributed by atoms with Crippen LogP contribution >= 0.6 is 11.8 Å². The third-order valence-electron chi connectivity index (χ3n) is 4.52. The van der Waals surface area contributed by atoms with Crippen LogP contribution in [0.3, 0.4) is 0 Å². The lowest BCUT2D eigenvalue weighted by atomic mass is 10.0. The lowest BCUT2D eigenvalue weighted by molar-refractivity contribution is -0.120. The Hall–Kier alpha value is -3.38. The molecule has 0 aliphatic carbocycles. The summed E-state index contributed by atoms with van der Waals surface area (Å²) in [5, 5.41) is 5.13. The summed E-state index contributed by atoms with van der Waals surface area (Å²) in [6.07, 6.45) is 0.0433. The first-order valence-electron chi connectivity index (χ1n) is 9.16. The molecular weight excluding hydrogens is 384 g/mol. The molecule has 0 saturated carbocycles. The average Bonchev–Trinajstić information content (AvgIpc) is 2.74. The zero-order valence-corrected chi connectivity index (χ0v) is 16.2. The minimum atomic E-state index is -0.501. The van der Waals surface area contributed by atoms with Crippen molar-refractivity contribution >= 4 is 40.7 Å². The average molecular weight is 402 g/mol. The van der Waals surface area contributed by atoms with Gasteiger partial charge in [0.25, 0.3) is 0 Å². The largest absolute Gasteiger partial charge is 0.326 e. The van der Waals surface area contributed by atoms with Crippen LogP contribution < -0.4 is 10.6 Å². The highest BCUT2D eigenvalue weighted by Gasteiger charge is 2.28. The molecule has 3 aromatic carbocycles. The van der Waals surface area contributed by atoms with Crippen molar-refractivity contribution in [2.45, 2.75) is 16.6 Å². The molecule has 2 N–H and O–H groups in total. The molecule has 1 aliphatic rings. The molecule has 0 bridgehead atoms. The van der Waals surface area contributed by atoms with Gasteiger partial charge in [-0.25, -0.2) is 0 Å². The molecule has 1 heterocycles. The van der Waals surface area contributed by atoms with Gasteiger partial charge in [0.2, 0.25) is 11.8 Å². The molecule has 144 valence electrons. The summed E-state index contributed by atoms with van der Waals surface area (Å²) in [5.41, 5.74) is 2.38. The first-order valence-corrected chi connectivity index (χ1v) is 10.0. The summed E-state index contributed by atoms with van der Waals surface area (Å²) in [6, 6.07) is 23.3. The molecule has 3 aromatic rings. The van der Waals surface area contributed by atoms with Gasteiger partial charge in [-0.05, 0) is 24.3 Å². The van der Waals surface area contributed by atoms with E-state index in [1.165, 1.54) is 11.8 Å². The molecule has 1 aliphatic heterocycles. The van der Waals surface area contributed by atoms with Crippen molar-refractivity contribution in [2.75, 3.05) is 10.6 Å². The maximum Gasteiger partial charge on any atom is 0.238 e. The normalized spacial score (nSPS) is 15.2. The van der Waals surface area contributed by atoms with E-state index >= 15 is 0 Å². The molecule has 2 amide bonds. The van der Waals surface area contributed by atoms with E-state index in [0.29, 0.717) is 16.8 Å². The fourth-order valence-corrected chi connectivity index (χ4v) is 4.21. The van der Waals surface area contributed by atoms with Crippen LogP contribution in [0.15, 0.2) is 83.8 Å². The number of hydrogen-bond acceptors (Lipinski definition) is 4. The number of nitrogens with one attached hydrogen (secondary N) is 2. The van der Waals surface area contributed by atoms with Crippen LogP contribution in [0.4, 0.5) is 11.4 Å². The van der Waals surface area contributed by atoms with Crippen molar-refractivity contribution in [3.05, 3.63) is 90.0 Å². The molecule has 0 spiro atoms. The number of fused-ring (bicyclic) bond motifs is 1. The second-order valence-corrected chi connectivity index (χ2v) is 7.86. The lowest BCUT2D eigenvalue weighted by Gasteiger charge is -2.23. The van der Waals surface area contributed by atoms with E-state index in [4.69, 9.17) is 0 Å². The Morgan fingerprint density at radius 2 is 1.62 bits per heavy atom. The summed E-state index contributed by atoms with van der Waals surface area (Å²) >= 11 is 1.38. The van der Waals surface area contributed by atoms with Gasteiger partial charge in [0.1, 0.15) is 0 Å². The van der Waals surface area contributed by atoms with Gasteiger partial charge in [-0.15, -0.1) is 11.8 Å². The van der Waals surface area contributed by atoms with Gasteiger partial charge in [-0.2, -0.15) is 0 Å². The fourth-order valence-electron chi connectivity index (χ4n) is 3.10. The molecule has 6 heteroatoms. The number of ketones is 1. The van der Waals surface area contributed by atoms with Gasteiger partial charge >= 0.3 is 0 Å². The molecule has 1 unspecified atom stereocenters. The highest BCUT2D eigenvalue weighted by atomic mass is 32.2. The SMILES string of the molecule is O=C(CC1Sc2ccccc2NC1=O)Nc1cccc(C(=O)c2ccccc2)c1. The second kappa shape index (κ2) is 8.32. The van der Waals surface area contributed by atoms with Crippen molar-refractivity contribution in [3.8, 4) is 0 Å². The molecule has 29 heavy (non-hydrogen) atoms. The van der Waals surface area contributed by atoms with Gasteiger partial charge in [-0.3, -0.25) is 14.4 Å². The first kappa shape index (κ1) is 19.0. The van der Waals surface area contributed by atoms with E-state index in [2.05, 4.69) is 10.6 Å². The quantitative estimate of drug-likeness (QED) is 0.622. The molecule has 0 fully saturated rings. The molecule has 0 aromatic heterocycles. The number of carbonyl (C=O) groups excluding carboxylic acids is 3. The number of hydrogen-bond donors (Lipinski definition) is 2. The standard InChI is InChI=1S/C23H18N2O3S/c26-21(14-20-23(28)25-18-11-4-5-12-19(18)29-20)24-17-10-6-9-16(13-17)22(27)15-7-2-1-3-8-15/h1-13,20H,14H2,(H,24,26)(H,25,28). The first-order chi connectivity index (χ1) is 14.1. The maximum atomic E-state index is 12.6. The number of amides is 2. The van der Waals surface area contributed by atoms with E-state index in [1.54, 1.807) is 36.4 Å². The monoisotopic (exact) mass is 402 g/mol. The van der Waals surface area contributed by atoms with Crippen LogP contribution in [0.2, 0.25) is 0 Å². The third-order valence-corrected chi connectivity index (χ3v) is 5.80. The molecular formula is C23H18N2O3S. The molecule has 5 nitrogen and oxygen atoms in total. The van der Waals surface area contributed by atoms with Gasteiger partial charge in [0.15, 0.2) is 5.78 Å². The molecule has 0 saturated heterocycles. The van der Waals surface area contributed by atoms with Crippen molar-refractivity contribution in [1.82, 2.24) is 0 Å². The third kappa shape index (κ3) is 4.38. The van der Waals surface area contributed by atoms with Crippen LogP contribution in [0.25, 0.3) is 0 Å². The van der Waals surface area contributed by atoms with Gasteiger partial charge in [0.05, 0.1) is 10.9 Å². The van der Waals surface area contributed by atoms with Crippen molar-refractivity contribution < 1.29 is 14.4 Å². The van der Waals surface area contributed by atoms with Gasteiger partial charge in [0, 0.05) is 28.1 Å². The zero-order valence-electron chi connectivity index (χ0n) is 15.4. The predicted molar refractivity (Wildman–Crippen MR) is 114 cm³/mol. The summed E-state index contributed by atoms with van der Waals surface area (Å²) in [6.45, 7) is 0. The van der Waals surface area contributed by atoms with Crippen LogP contribution in [0, 0.1) is 0 Å². The highest BCUT2D eigenvalue weighted by molar-refractivity contribution is 8.01. The minimum Gasteiger partial charge on any atom is -0.326 e. The number of rotatable bonds is 5. The van der Waals surface area contributed by atoms with E-state index in [0.717, 1.165) is 10.6 Å². The Kier molecular flexibility index (Phi) is 5.44. The van der Waals surface area contributed by atoms with Crippen molar-refractivity contribution in [2.24, 2.45) is 0 Å². The van der Waals surface area contributed by atoms with E-state index in [9.17, 15) is 14.4 Å². The Balaban J connectivity index is 1.43. The van der Waals surface area contributed by atoms with E-state index in [1.807, 2.05) is 42.5 Å². The second-order valence-electron chi connectivity index (χ2n) is 6.62. The topological polar surface area (TPSA) is 75.3 Å². The van der Waals surface area contributed by atoms with Crippen LogP contribution in [-0.4, -0.2) is 22.8 Å². The summed E-state index contributed by atoms with van der Waals surface area (Å²) < 4.78 is 0. The summed E-state index contributed by atoms with van der Waals surface area (Å²) in [5.74, 6) is -0.571. The van der Waals surface area contributed by atoms with Crippen molar-refractivity contribution in [1.29, 1.82) is 0 Å². The minimum absolute atomic E-state index is 0.0433. The Labute approximate surface area is 172 Å². The zero-order chi connectivity index (χ0) is 20.2. The van der Waals surface area contributed by atoms with Crippen LogP contribution in [0.5, 0.6) is 0 Å².